The maximum atomic E-state index is 13.2. The van der Waals surface area contributed by atoms with Crippen LogP contribution in [0.2, 0.25) is 0 Å². The molecule has 5 nitrogen and oxygen atoms in total. The molecule has 4 rings (SSSR count). The number of carbonyl (C=O) groups is 1. The molecule has 0 aromatic heterocycles. The highest BCUT2D eigenvalue weighted by Crippen LogP contribution is 2.44. The lowest BCUT2D eigenvalue weighted by Crippen LogP contribution is -2.64. The van der Waals surface area contributed by atoms with Crippen LogP contribution in [0.3, 0.4) is 0 Å². The van der Waals surface area contributed by atoms with Gasteiger partial charge >= 0.3 is 12.1 Å². The van der Waals surface area contributed by atoms with Crippen LogP contribution in [0.5, 0.6) is 5.75 Å². The summed E-state index contributed by atoms with van der Waals surface area (Å²) in [5.74, 6) is -2.07. The summed E-state index contributed by atoms with van der Waals surface area (Å²) >= 11 is 0. The van der Waals surface area contributed by atoms with Gasteiger partial charge in [-0.2, -0.15) is 13.2 Å². The van der Waals surface area contributed by atoms with E-state index in [-0.39, 0.29) is 18.8 Å². The predicted octanol–water partition coefficient (Wildman–Crippen LogP) is 5.42. The third-order valence-corrected chi connectivity index (χ3v) is 6.24. The number of phenolic OH excluding ortho intramolecular Hbond substituents is 1. The van der Waals surface area contributed by atoms with Crippen LogP contribution in [0.1, 0.15) is 37.5 Å². The third kappa shape index (κ3) is 4.88. The number of fused-ring (bicyclic) bond motifs is 1. The molecule has 1 saturated heterocycles. The van der Waals surface area contributed by atoms with Gasteiger partial charge in [0.15, 0.2) is 0 Å². The van der Waals surface area contributed by atoms with Crippen molar-refractivity contribution in [3.8, 4) is 5.75 Å². The fraction of sp³-hybridized carbons (Fsp3) is 0.346. The number of ether oxygens (including phenoxy) is 2. The Morgan fingerprint density at radius 2 is 1.79 bits per heavy atom. The lowest BCUT2D eigenvalue weighted by molar-refractivity contribution is -0.196. The van der Waals surface area contributed by atoms with E-state index in [1.165, 1.54) is 13.0 Å². The first-order chi connectivity index (χ1) is 16.1. The van der Waals surface area contributed by atoms with Gasteiger partial charge in [0.05, 0.1) is 24.4 Å². The SMILES string of the molecule is C[C@@H]1O[C@H](c2c(O)ccc3ccccc23)C[C@](C)(NC(=O)C(F)(F)F)[C@@H]1OCc1ccccc1. The summed E-state index contributed by atoms with van der Waals surface area (Å²) < 4.78 is 51.9. The monoisotopic (exact) mass is 473 g/mol. The molecule has 1 aliphatic rings. The molecular formula is C26H26F3NO4. The van der Waals surface area contributed by atoms with Crippen molar-refractivity contribution in [2.75, 3.05) is 0 Å². The van der Waals surface area contributed by atoms with E-state index in [0.717, 1.165) is 16.3 Å². The fourth-order valence-electron chi connectivity index (χ4n) is 4.72. The minimum Gasteiger partial charge on any atom is -0.508 e. The van der Waals surface area contributed by atoms with Gasteiger partial charge in [0.25, 0.3) is 0 Å². The van der Waals surface area contributed by atoms with E-state index in [1.54, 1.807) is 13.0 Å². The molecule has 0 spiro atoms. The third-order valence-electron chi connectivity index (χ3n) is 6.24. The van der Waals surface area contributed by atoms with Crippen molar-refractivity contribution in [2.24, 2.45) is 0 Å². The topological polar surface area (TPSA) is 67.8 Å². The summed E-state index contributed by atoms with van der Waals surface area (Å²) in [6.07, 6.45) is -7.39. The van der Waals surface area contributed by atoms with Gasteiger partial charge in [-0.05, 0) is 36.2 Å². The van der Waals surface area contributed by atoms with E-state index in [9.17, 15) is 23.1 Å². The number of nitrogens with one attached hydrogen (secondary N) is 1. The number of phenols is 1. The van der Waals surface area contributed by atoms with Crippen LogP contribution < -0.4 is 5.32 Å². The van der Waals surface area contributed by atoms with Crippen molar-refractivity contribution in [1.29, 1.82) is 0 Å². The molecule has 1 heterocycles. The second-order valence-electron chi connectivity index (χ2n) is 8.84. The average molecular weight is 473 g/mol. The first-order valence-electron chi connectivity index (χ1n) is 11.0. The number of carbonyl (C=O) groups excluding carboxylic acids is 1. The Bertz CT molecular complexity index is 1170. The molecule has 8 heteroatoms. The van der Waals surface area contributed by atoms with Gasteiger partial charge in [0.1, 0.15) is 11.9 Å². The molecule has 1 fully saturated rings. The second-order valence-corrected chi connectivity index (χ2v) is 8.84. The summed E-state index contributed by atoms with van der Waals surface area (Å²) in [7, 11) is 0. The van der Waals surface area contributed by atoms with Crippen LogP contribution in [0.4, 0.5) is 13.2 Å². The highest BCUT2D eigenvalue weighted by molar-refractivity contribution is 5.88. The van der Waals surface area contributed by atoms with E-state index in [2.05, 4.69) is 5.32 Å². The molecule has 34 heavy (non-hydrogen) atoms. The van der Waals surface area contributed by atoms with Gasteiger partial charge in [-0.25, -0.2) is 0 Å². The predicted molar refractivity (Wildman–Crippen MR) is 121 cm³/mol. The zero-order chi connectivity index (χ0) is 24.5. The number of rotatable bonds is 5. The molecule has 0 bridgehead atoms. The molecule has 0 saturated carbocycles. The second kappa shape index (κ2) is 9.27. The quantitative estimate of drug-likeness (QED) is 0.520. The molecule has 3 aromatic rings. The first-order valence-corrected chi connectivity index (χ1v) is 11.0. The maximum Gasteiger partial charge on any atom is 0.471 e. The zero-order valence-electron chi connectivity index (χ0n) is 18.8. The summed E-state index contributed by atoms with van der Waals surface area (Å²) in [5.41, 5.74) is -0.112. The van der Waals surface area contributed by atoms with Gasteiger partial charge < -0.3 is 19.9 Å². The van der Waals surface area contributed by atoms with Crippen molar-refractivity contribution in [3.05, 3.63) is 77.9 Å². The summed E-state index contributed by atoms with van der Waals surface area (Å²) in [4.78, 5) is 12.0. The minimum absolute atomic E-state index is 0.0240. The summed E-state index contributed by atoms with van der Waals surface area (Å²) in [5, 5.41) is 14.4. The maximum absolute atomic E-state index is 13.2. The van der Waals surface area contributed by atoms with Gasteiger partial charge in [0.2, 0.25) is 0 Å². The molecule has 4 atom stereocenters. The molecule has 0 unspecified atom stereocenters. The lowest BCUT2D eigenvalue weighted by Gasteiger charge is -2.48. The number of amides is 1. The molecule has 0 aliphatic carbocycles. The first kappa shape index (κ1) is 24.0. The standard InChI is InChI=1S/C26H26F3NO4/c1-16-23(33-15-17-8-4-3-5-9-17)25(2,30-24(32)26(27,28)29)14-21(34-16)22-19-11-7-6-10-18(19)12-13-20(22)31/h3-13,16,21,23,31H,14-15H2,1-2H3,(H,30,32)/t16-,21-,23+,25-/m0/s1. The Kier molecular flexibility index (Phi) is 6.55. The molecule has 180 valence electrons. The van der Waals surface area contributed by atoms with E-state index in [0.29, 0.717) is 5.56 Å². The van der Waals surface area contributed by atoms with Crippen LogP contribution in [-0.2, 0) is 20.9 Å². The highest BCUT2D eigenvalue weighted by Gasteiger charge is 2.51. The van der Waals surface area contributed by atoms with E-state index in [4.69, 9.17) is 9.47 Å². The minimum atomic E-state index is -5.05. The average Bonchev–Trinajstić information content (AvgIpc) is 2.78. The highest BCUT2D eigenvalue weighted by atomic mass is 19.4. The molecule has 1 aliphatic heterocycles. The van der Waals surface area contributed by atoms with Crippen molar-refractivity contribution in [1.82, 2.24) is 5.32 Å². The number of alkyl halides is 3. The van der Waals surface area contributed by atoms with Gasteiger partial charge in [-0.3, -0.25) is 4.79 Å². The number of hydrogen-bond donors (Lipinski definition) is 2. The Balaban J connectivity index is 1.69. The smallest absolute Gasteiger partial charge is 0.471 e. The Labute approximate surface area is 195 Å². The Hall–Kier alpha value is -3.10. The zero-order valence-corrected chi connectivity index (χ0v) is 18.8. The molecule has 3 aromatic carbocycles. The number of aromatic hydroxyl groups is 1. The van der Waals surface area contributed by atoms with Gasteiger partial charge in [0, 0.05) is 12.0 Å². The van der Waals surface area contributed by atoms with E-state index < -0.39 is 35.9 Å². The largest absolute Gasteiger partial charge is 0.508 e. The fourth-order valence-corrected chi connectivity index (χ4v) is 4.72. The number of hydrogen-bond acceptors (Lipinski definition) is 4. The van der Waals surface area contributed by atoms with Gasteiger partial charge in [-0.1, -0.05) is 60.7 Å². The summed E-state index contributed by atoms with van der Waals surface area (Å²) in [6, 6.07) is 19.9. The van der Waals surface area contributed by atoms with Crippen LogP contribution in [0.25, 0.3) is 10.8 Å². The Morgan fingerprint density at radius 1 is 1.12 bits per heavy atom. The Morgan fingerprint density at radius 3 is 2.50 bits per heavy atom. The molecular weight excluding hydrogens is 447 g/mol. The van der Waals surface area contributed by atoms with Crippen molar-refractivity contribution in [2.45, 2.75) is 56.9 Å². The van der Waals surface area contributed by atoms with E-state index in [1.807, 2.05) is 54.6 Å². The van der Waals surface area contributed by atoms with Crippen LogP contribution in [0, 0.1) is 0 Å². The molecule has 1 amide bonds. The van der Waals surface area contributed by atoms with Crippen molar-refractivity contribution >= 4 is 16.7 Å². The lowest BCUT2D eigenvalue weighted by atomic mass is 9.79. The van der Waals surface area contributed by atoms with Crippen LogP contribution in [-0.4, -0.2) is 34.9 Å². The van der Waals surface area contributed by atoms with Crippen LogP contribution in [0.15, 0.2) is 66.7 Å². The number of halogens is 3. The normalized spacial score (nSPS) is 25.3. The van der Waals surface area contributed by atoms with Gasteiger partial charge in [-0.15, -0.1) is 0 Å². The molecule has 0 radical (unpaired) electrons. The molecule has 2 N–H and O–H groups in total. The van der Waals surface area contributed by atoms with Crippen molar-refractivity contribution in [3.63, 3.8) is 0 Å². The van der Waals surface area contributed by atoms with E-state index >= 15 is 0 Å². The van der Waals surface area contributed by atoms with Crippen LogP contribution >= 0.6 is 0 Å². The summed E-state index contributed by atoms with van der Waals surface area (Å²) in [6.45, 7) is 3.36. The number of benzene rings is 3. The van der Waals surface area contributed by atoms with Crippen molar-refractivity contribution < 1.29 is 32.5 Å².